The number of thiocarbonyl (C=S) groups is 1. The van der Waals surface area contributed by atoms with Gasteiger partial charge in [0, 0.05) is 12.2 Å². The monoisotopic (exact) mass is 421 g/mol. The standard InChI is InChI=1S/C16H23NO8S2/c1-3-9(11(18)6-16(7-12(19)20)24-4-5-25-16)13(21)17-10(14(22)23-2)8-27-15(17)26/h9-11,18H,3-8H2,1-2H3,(H,19,20)/t9?,10-,11+/m0/s1. The number of aliphatic hydroxyl groups is 1. The van der Waals surface area contributed by atoms with E-state index in [1.165, 1.54) is 23.8 Å². The number of thioether (sulfide) groups is 1. The van der Waals surface area contributed by atoms with E-state index in [4.69, 9.17) is 31.5 Å². The Morgan fingerprint density at radius 2 is 2.04 bits per heavy atom. The number of carboxylic acid groups (broad SMARTS) is 1. The first kappa shape index (κ1) is 22.0. The molecule has 2 N–H and O–H groups in total. The molecule has 2 aliphatic rings. The van der Waals surface area contributed by atoms with E-state index in [0.29, 0.717) is 5.75 Å². The van der Waals surface area contributed by atoms with Crippen LogP contribution in [0.4, 0.5) is 0 Å². The molecule has 1 unspecified atom stereocenters. The second-order valence-electron chi connectivity index (χ2n) is 6.29. The molecule has 11 heteroatoms. The summed E-state index contributed by atoms with van der Waals surface area (Å²) in [5.74, 6) is -4.29. The van der Waals surface area contributed by atoms with Gasteiger partial charge < -0.3 is 24.4 Å². The van der Waals surface area contributed by atoms with Crippen LogP contribution in [0.5, 0.6) is 0 Å². The number of ether oxygens (including phenoxy) is 3. The molecule has 0 radical (unpaired) electrons. The lowest BCUT2D eigenvalue weighted by molar-refractivity contribution is -0.195. The SMILES string of the molecule is CCC(C(=O)N1C(=S)SC[C@H]1C(=O)OC)[C@H](O)CC1(CC(=O)O)OCCO1. The third kappa shape index (κ3) is 4.96. The third-order valence-corrected chi connectivity index (χ3v) is 6.04. The minimum Gasteiger partial charge on any atom is -0.481 e. The maximum Gasteiger partial charge on any atom is 0.329 e. The molecule has 0 spiro atoms. The molecule has 1 amide bonds. The second-order valence-corrected chi connectivity index (χ2v) is 7.94. The minimum absolute atomic E-state index is 0.180. The molecule has 2 rings (SSSR count). The van der Waals surface area contributed by atoms with Gasteiger partial charge in [-0.2, -0.15) is 0 Å². The Balaban J connectivity index is 2.16. The number of hydrogen-bond donors (Lipinski definition) is 2. The van der Waals surface area contributed by atoms with Gasteiger partial charge in [0.05, 0.1) is 38.8 Å². The highest BCUT2D eigenvalue weighted by Gasteiger charge is 2.46. The number of hydrogen-bond acceptors (Lipinski definition) is 9. The normalized spacial score (nSPS) is 23.9. The van der Waals surface area contributed by atoms with Crippen molar-refractivity contribution in [2.75, 3.05) is 26.1 Å². The van der Waals surface area contributed by atoms with E-state index >= 15 is 0 Å². The first-order valence-electron chi connectivity index (χ1n) is 8.50. The van der Waals surface area contributed by atoms with Crippen molar-refractivity contribution in [2.24, 2.45) is 5.92 Å². The molecule has 0 aliphatic carbocycles. The van der Waals surface area contributed by atoms with Gasteiger partial charge in [-0.1, -0.05) is 30.9 Å². The summed E-state index contributed by atoms with van der Waals surface area (Å²) in [6.45, 7) is 2.13. The van der Waals surface area contributed by atoms with Gasteiger partial charge in [0.1, 0.15) is 10.4 Å². The van der Waals surface area contributed by atoms with Crippen molar-refractivity contribution in [2.45, 2.75) is 44.1 Å². The van der Waals surface area contributed by atoms with Gasteiger partial charge in [-0.05, 0) is 6.42 Å². The number of rotatable bonds is 8. The van der Waals surface area contributed by atoms with E-state index in [1.54, 1.807) is 6.92 Å². The number of methoxy groups -OCH3 is 1. The van der Waals surface area contributed by atoms with E-state index in [-0.39, 0.29) is 30.4 Å². The molecular formula is C16H23NO8S2. The predicted molar refractivity (Wildman–Crippen MR) is 99.0 cm³/mol. The van der Waals surface area contributed by atoms with E-state index in [2.05, 4.69) is 0 Å². The fourth-order valence-electron chi connectivity index (χ4n) is 3.24. The minimum atomic E-state index is -1.47. The number of aliphatic carboxylic acids is 1. The highest BCUT2D eigenvalue weighted by Crippen LogP contribution is 2.34. The molecule has 2 heterocycles. The number of nitrogens with zero attached hydrogens (tertiary/aromatic N) is 1. The summed E-state index contributed by atoms with van der Waals surface area (Å²) in [4.78, 5) is 37.3. The maximum absolute atomic E-state index is 13.0. The van der Waals surface area contributed by atoms with Gasteiger partial charge in [-0.25, -0.2) is 4.79 Å². The van der Waals surface area contributed by atoms with Crippen LogP contribution in [0.15, 0.2) is 0 Å². The van der Waals surface area contributed by atoms with Crippen molar-refractivity contribution in [1.29, 1.82) is 0 Å². The highest BCUT2D eigenvalue weighted by atomic mass is 32.2. The van der Waals surface area contributed by atoms with Gasteiger partial charge in [-0.15, -0.1) is 0 Å². The van der Waals surface area contributed by atoms with Crippen LogP contribution < -0.4 is 0 Å². The Morgan fingerprint density at radius 1 is 1.41 bits per heavy atom. The predicted octanol–water partition coefficient (Wildman–Crippen LogP) is 0.383. The Morgan fingerprint density at radius 3 is 2.56 bits per heavy atom. The van der Waals surface area contributed by atoms with Crippen LogP contribution in [-0.2, 0) is 28.6 Å². The van der Waals surface area contributed by atoms with E-state index in [1.807, 2.05) is 0 Å². The number of esters is 1. The Hall–Kier alpha value is -1.27. The lowest BCUT2D eigenvalue weighted by Crippen LogP contribution is -2.50. The molecule has 0 aromatic rings. The largest absolute Gasteiger partial charge is 0.481 e. The summed E-state index contributed by atoms with van der Waals surface area (Å²) in [5.41, 5.74) is 0. The molecule has 0 aromatic heterocycles. The molecule has 0 bridgehead atoms. The summed E-state index contributed by atoms with van der Waals surface area (Å²) >= 11 is 6.38. The molecule has 2 saturated heterocycles. The van der Waals surface area contributed by atoms with Gasteiger partial charge in [0.15, 0.2) is 5.79 Å². The lowest BCUT2D eigenvalue weighted by Gasteiger charge is -2.33. The van der Waals surface area contributed by atoms with Crippen LogP contribution in [0.2, 0.25) is 0 Å². The van der Waals surface area contributed by atoms with Gasteiger partial charge in [0.25, 0.3) is 0 Å². The molecule has 3 atom stereocenters. The Labute approximate surface area is 166 Å². The summed E-state index contributed by atoms with van der Waals surface area (Å²) in [5, 5.41) is 19.8. The fraction of sp³-hybridized carbons (Fsp3) is 0.750. The topological polar surface area (TPSA) is 123 Å². The van der Waals surface area contributed by atoms with Crippen molar-refractivity contribution in [1.82, 2.24) is 4.90 Å². The van der Waals surface area contributed by atoms with Crippen molar-refractivity contribution >= 4 is 46.1 Å². The van der Waals surface area contributed by atoms with E-state index < -0.39 is 48.1 Å². The number of carbonyl (C=O) groups is 3. The molecule has 9 nitrogen and oxygen atoms in total. The number of carbonyl (C=O) groups excluding carboxylic acids is 2. The van der Waals surface area contributed by atoms with Crippen LogP contribution in [0.1, 0.15) is 26.2 Å². The van der Waals surface area contributed by atoms with E-state index in [9.17, 15) is 19.5 Å². The average Bonchev–Trinajstić information content (AvgIpc) is 3.20. The molecule has 2 fully saturated rings. The first-order chi connectivity index (χ1) is 12.7. The van der Waals surface area contributed by atoms with Gasteiger partial charge >= 0.3 is 11.9 Å². The molecule has 27 heavy (non-hydrogen) atoms. The summed E-state index contributed by atoms with van der Waals surface area (Å²) < 4.78 is 15.8. The Bertz CT molecular complexity index is 607. The molecule has 0 saturated carbocycles. The quantitative estimate of drug-likeness (QED) is 0.420. The van der Waals surface area contributed by atoms with Crippen molar-refractivity contribution in [3.8, 4) is 0 Å². The summed E-state index contributed by atoms with van der Waals surface area (Å²) in [6.07, 6.45) is -1.59. The third-order valence-electron chi connectivity index (χ3n) is 4.56. The Kier molecular flexibility index (Phi) is 7.57. The highest BCUT2D eigenvalue weighted by molar-refractivity contribution is 8.23. The number of carboxylic acids is 1. The lowest BCUT2D eigenvalue weighted by atomic mass is 9.90. The molecule has 152 valence electrons. The summed E-state index contributed by atoms with van der Waals surface area (Å²) in [7, 11) is 1.23. The zero-order valence-corrected chi connectivity index (χ0v) is 16.7. The zero-order chi connectivity index (χ0) is 20.2. The van der Waals surface area contributed by atoms with Crippen molar-refractivity contribution < 1.29 is 38.8 Å². The number of aliphatic hydroxyl groups excluding tert-OH is 1. The number of amides is 1. The summed E-state index contributed by atoms with van der Waals surface area (Å²) in [6, 6.07) is -0.840. The molecular weight excluding hydrogens is 398 g/mol. The van der Waals surface area contributed by atoms with Crippen molar-refractivity contribution in [3.05, 3.63) is 0 Å². The van der Waals surface area contributed by atoms with Crippen LogP contribution in [0.3, 0.4) is 0 Å². The molecule has 2 aliphatic heterocycles. The zero-order valence-electron chi connectivity index (χ0n) is 15.1. The van der Waals surface area contributed by atoms with Crippen LogP contribution in [0.25, 0.3) is 0 Å². The fourth-order valence-corrected chi connectivity index (χ4v) is 4.61. The van der Waals surface area contributed by atoms with Gasteiger partial charge in [0.2, 0.25) is 5.91 Å². The van der Waals surface area contributed by atoms with Crippen LogP contribution in [0, 0.1) is 5.92 Å². The second kappa shape index (κ2) is 9.28. The van der Waals surface area contributed by atoms with Gasteiger partial charge in [-0.3, -0.25) is 14.5 Å². The van der Waals surface area contributed by atoms with Crippen LogP contribution >= 0.6 is 24.0 Å². The van der Waals surface area contributed by atoms with Crippen LogP contribution in [-0.4, -0.2) is 81.3 Å². The molecule has 0 aromatic carbocycles. The average molecular weight is 421 g/mol. The smallest absolute Gasteiger partial charge is 0.329 e. The maximum atomic E-state index is 13.0. The first-order valence-corrected chi connectivity index (χ1v) is 9.89. The van der Waals surface area contributed by atoms with Crippen molar-refractivity contribution in [3.63, 3.8) is 0 Å². The van der Waals surface area contributed by atoms with E-state index in [0.717, 1.165) is 0 Å².